The lowest BCUT2D eigenvalue weighted by Gasteiger charge is -2.04. The predicted octanol–water partition coefficient (Wildman–Crippen LogP) is 2.75. The van der Waals surface area contributed by atoms with Gasteiger partial charge in [0, 0.05) is 5.56 Å². The fourth-order valence-corrected chi connectivity index (χ4v) is 2.76. The van der Waals surface area contributed by atoms with Crippen molar-refractivity contribution in [3.8, 4) is 17.0 Å². The average molecular weight is 350 g/mol. The molecular weight excluding hydrogens is 335 g/mol. The van der Waals surface area contributed by atoms with E-state index in [9.17, 15) is 9.18 Å². The summed E-state index contributed by atoms with van der Waals surface area (Å²) < 4.78 is 21.3. The summed E-state index contributed by atoms with van der Waals surface area (Å²) in [5.74, 6) is -0.323. The molecule has 2 aromatic heterocycles. The van der Waals surface area contributed by atoms with Crippen molar-refractivity contribution in [1.29, 1.82) is 0 Å². The summed E-state index contributed by atoms with van der Waals surface area (Å²) in [5, 5.41) is 8.64. The van der Waals surface area contributed by atoms with Gasteiger partial charge < -0.3 is 4.74 Å². The van der Waals surface area contributed by atoms with Crippen LogP contribution in [0.15, 0.2) is 65.5 Å². The van der Waals surface area contributed by atoms with E-state index in [2.05, 4.69) is 10.2 Å². The van der Waals surface area contributed by atoms with Gasteiger partial charge in [0.1, 0.15) is 0 Å². The zero-order valence-corrected chi connectivity index (χ0v) is 14.0. The van der Waals surface area contributed by atoms with Gasteiger partial charge in [0.15, 0.2) is 17.2 Å². The van der Waals surface area contributed by atoms with Gasteiger partial charge in [0.25, 0.3) is 0 Å². The number of hydrogen-bond acceptors (Lipinski definition) is 4. The second-order valence-corrected chi connectivity index (χ2v) is 5.76. The summed E-state index contributed by atoms with van der Waals surface area (Å²) in [7, 11) is 1.40. The van der Waals surface area contributed by atoms with Gasteiger partial charge in [-0.05, 0) is 29.8 Å². The Kier molecular flexibility index (Phi) is 3.96. The number of benzene rings is 2. The standard InChI is InChI=1S/C19H15FN4O2/c1-26-17-9-7-13(11-15(17)20)12-23-19(25)24-18(22-23)10-8-16(21-24)14-5-3-2-4-6-14/h2-11H,12H2,1H3. The first-order chi connectivity index (χ1) is 12.7. The van der Waals surface area contributed by atoms with Crippen LogP contribution in [-0.4, -0.2) is 26.5 Å². The molecule has 0 aliphatic carbocycles. The van der Waals surface area contributed by atoms with E-state index >= 15 is 0 Å². The Bertz CT molecular complexity index is 1140. The van der Waals surface area contributed by atoms with Gasteiger partial charge in [-0.25, -0.2) is 13.9 Å². The van der Waals surface area contributed by atoms with E-state index in [-0.39, 0.29) is 18.0 Å². The minimum absolute atomic E-state index is 0.143. The van der Waals surface area contributed by atoms with E-state index in [1.54, 1.807) is 12.1 Å². The molecule has 0 fully saturated rings. The van der Waals surface area contributed by atoms with Crippen LogP contribution in [0.5, 0.6) is 5.75 Å². The summed E-state index contributed by atoms with van der Waals surface area (Å²) >= 11 is 0. The van der Waals surface area contributed by atoms with Crippen LogP contribution >= 0.6 is 0 Å². The first-order valence-corrected chi connectivity index (χ1v) is 8.00. The Morgan fingerprint density at radius 2 is 1.85 bits per heavy atom. The molecule has 130 valence electrons. The summed E-state index contributed by atoms with van der Waals surface area (Å²) in [6, 6.07) is 17.7. The second kappa shape index (κ2) is 6.44. The van der Waals surface area contributed by atoms with Gasteiger partial charge in [-0.15, -0.1) is 5.10 Å². The van der Waals surface area contributed by atoms with Crippen LogP contribution in [0.2, 0.25) is 0 Å². The lowest BCUT2D eigenvalue weighted by molar-refractivity contribution is 0.386. The molecule has 0 aliphatic rings. The van der Waals surface area contributed by atoms with Crippen LogP contribution < -0.4 is 10.4 Å². The molecule has 0 amide bonds. The number of ether oxygens (including phenoxy) is 1. The molecule has 0 N–H and O–H groups in total. The monoisotopic (exact) mass is 350 g/mol. The van der Waals surface area contributed by atoms with Crippen molar-refractivity contribution in [3.63, 3.8) is 0 Å². The molecule has 7 heteroatoms. The number of aromatic nitrogens is 4. The molecule has 4 aromatic rings. The highest BCUT2D eigenvalue weighted by molar-refractivity contribution is 5.59. The fraction of sp³-hybridized carbons (Fsp3) is 0.105. The lowest BCUT2D eigenvalue weighted by atomic mass is 10.1. The van der Waals surface area contributed by atoms with E-state index in [4.69, 9.17) is 4.74 Å². The van der Waals surface area contributed by atoms with Gasteiger partial charge in [-0.3, -0.25) is 0 Å². The molecule has 0 aliphatic heterocycles. The number of fused-ring (bicyclic) bond motifs is 1. The van der Waals surface area contributed by atoms with E-state index in [1.165, 1.54) is 28.4 Å². The third-order valence-corrected chi connectivity index (χ3v) is 4.06. The van der Waals surface area contributed by atoms with Gasteiger partial charge >= 0.3 is 5.69 Å². The first kappa shape index (κ1) is 16.0. The molecule has 0 atom stereocenters. The SMILES string of the molecule is COc1ccc(Cn2nc3ccc(-c4ccccc4)nn3c2=O)cc1F. The topological polar surface area (TPSA) is 61.4 Å². The highest BCUT2D eigenvalue weighted by atomic mass is 19.1. The highest BCUT2D eigenvalue weighted by Gasteiger charge is 2.11. The summed E-state index contributed by atoms with van der Waals surface area (Å²) in [5.41, 5.74) is 2.25. The third-order valence-electron chi connectivity index (χ3n) is 4.06. The fourth-order valence-electron chi connectivity index (χ4n) is 2.76. The van der Waals surface area contributed by atoms with Crippen LogP contribution in [-0.2, 0) is 6.54 Å². The quantitative estimate of drug-likeness (QED) is 0.568. The first-order valence-electron chi connectivity index (χ1n) is 8.00. The molecular formula is C19H15FN4O2. The Hall–Kier alpha value is -3.48. The highest BCUT2D eigenvalue weighted by Crippen LogP contribution is 2.18. The van der Waals surface area contributed by atoms with Gasteiger partial charge in [-0.2, -0.15) is 9.61 Å². The van der Waals surface area contributed by atoms with Crippen molar-refractivity contribution in [3.05, 3.63) is 82.5 Å². The number of halogens is 1. The van der Waals surface area contributed by atoms with Crippen LogP contribution in [0.25, 0.3) is 16.9 Å². The minimum atomic E-state index is -0.480. The van der Waals surface area contributed by atoms with Gasteiger partial charge in [0.05, 0.1) is 19.3 Å². The molecule has 0 radical (unpaired) electrons. The molecule has 0 saturated carbocycles. The molecule has 4 rings (SSSR count). The molecule has 6 nitrogen and oxygen atoms in total. The molecule has 26 heavy (non-hydrogen) atoms. The van der Waals surface area contributed by atoms with E-state index in [0.717, 1.165) is 5.56 Å². The summed E-state index contributed by atoms with van der Waals surface area (Å²) in [6.07, 6.45) is 0. The molecule has 0 bridgehead atoms. The third kappa shape index (κ3) is 2.83. The minimum Gasteiger partial charge on any atom is -0.494 e. The molecule has 2 heterocycles. The number of methoxy groups -OCH3 is 1. The Labute approximate surface area is 148 Å². The Balaban J connectivity index is 1.72. The Morgan fingerprint density at radius 3 is 2.58 bits per heavy atom. The summed E-state index contributed by atoms with van der Waals surface area (Å²) in [6.45, 7) is 0.143. The molecule has 0 unspecified atom stereocenters. The number of hydrogen-bond donors (Lipinski definition) is 0. The Morgan fingerprint density at radius 1 is 1.04 bits per heavy atom. The maximum absolute atomic E-state index is 13.8. The van der Waals surface area contributed by atoms with Crippen LogP contribution in [0.1, 0.15) is 5.56 Å². The zero-order valence-electron chi connectivity index (χ0n) is 14.0. The molecule has 2 aromatic carbocycles. The van der Waals surface area contributed by atoms with Crippen molar-refractivity contribution in [2.24, 2.45) is 0 Å². The maximum Gasteiger partial charge on any atom is 0.367 e. The van der Waals surface area contributed by atoms with E-state index < -0.39 is 5.82 Å². The molecule has 0 spiro atoms. The lowest BCUT2D eigenvalue weighted by Crippen LogP contribution is -2.23. The number of rotatable bonds is 4. The van der Waals surface area contributed by atoms with Crippen molar-refractivity contribution >= 4 is 5.65 Å². The van der Waals surface area contributed by atoms with E-state index in [0.29, 0.717) is 16.9 Å². The smallest absolute Gasteiger partial charge is 0.367 e. The van der Waals surface area contributed by atoms with Crippen molar-refractivity contribution < 1.29 is 9.13 Å². The normalized spacial score (nSPS) is 11.0. The van der Waals surface area contributed by atoms with Crippen LogP contribution in [0.3, 0.4) is 0 Å². The number of nitrogens with zero attached hydrogens (tertiary/aromatic N) is 4. The van der Waals surface area contributed by atoms with E-state index in [1.807, 2.05) is 36.4 Å². The van der Waals surface area contributed by atoms with Crippen molar-refractivity contribution in [2.45, 2.75) is 6.54 Å². The zero-order chi connectivity index (χ0) is 18.1. The summed E-state index contributed by atoms with van der Waals surface area (Å²) in [4.78, 5) is 12.6. The molecule has 0 saturated heterocycles. The van der Waals surface area contributed by atoms with Gasteiger partial charge in [0.2, 0.25) is 0 Å². The van der Waals surface area contributed by atoms with Crippen molar-refractivity contribution in [2.75, 3.05) is 7.11 Å². The van der Waals surface area contributed by atoms with Crippen molar-refractivity contribution in [1.82, 2.24) is 19.4 Å². The largest absolute Gasteiger partial charge is 0.494 e. The average Bonchev–Trinajstić information content (AvgIpc) is 2.98. The van der Waals surface area contributed by atoms with Crippen LogP contribution in [0, 0.1) is 5.82 Å². The second-order valence-electron chi connectivity index (χ2n) is 5.76. The predicted molar refractivity (Wildman–Crippen MR) is 94.7 cm³/mol. The van der Waals surface area contributed by atoms with Gasteiger partial charge in [-0.1, -0.05) is 36.4 Å². The van der Waals surface area contributed by atoms with Crippen LogP contribution in [0.4, 0.5) is 4.39 Å². The maximum atomic E-state index is 13.8.